The van der Waals surface area contributed by atoms with Crippen molar-refractivity contribution in [1.29, 1.82) is 0 Å². The quantitative estimate of drug-likeness (QED) is 0.585. The maximum atomic E-state index is 13.6. The molecule has 0 spiro atoms. The average molecular weight is 404 g/mol. The lowest BCUT2D eigenvalue weighted by atomic mass is 10.2. The van der Waals surface area contributed by atoms with Crippen LogP contribution in [0.1, 0.15) is 5.56 Å². The number of nitro benzene ring substituents is 1. The molecule has 2 aromatic rings. The van der Waals surface area contributed by atoms with Gasteiger partial charge >= 0.3 is 0 Å². The first kappa shape index (κ1) is 14.9. The Hall–Kier alpha value is -1.47. The normalized spacial score (nSPS) is 10.3. The van der Waals surface area contributed by atoms with Crippen molar-refractivity contribution in [3.63, 3.8) is 0 Å². The average Bonchev–Trinajstić information content (AvgIpc) is 2.39. The van der Waals surface area contributed by atoms with Crippen LogP contribution < -0.4 is 5.32 Å². The predicted molar refractivity (Wildman–Crippen MR) is 82.2 cm³/mol. The van der Waals surface area contributed by atoms with Gasteiger partial charge in [0.1, 0.15) is 11.5 Å². The summed E-state index contributed by atoms with van der Waals surface area (Å²) in [4.78, 5) is 10.5. The summed E-state index contributed by atoms with van der Waals surface area (Å²) in [5.41, 5.74) is 0.709. The third-order valence-corrected chi connectivity index (χ3v) is 3.62. The minimum absolute atomic E-state index is 0.0522. The zero-order valence-electron chi connectivity index (χ0n) is 10.1. The highest BCUT2D eigenvalue weighted by molar-refractivity contribution is 9.10. The number of nitrogens with one attached hydrogen (secondary N) is 1. The van der Waals surface area contributed by atoms with Gasteiger partial charge < -0.3 is 5.32 Å². The van der Waals surface area contributed by atoms with Gasteiger partial charge in [-0.25, -0.2) is 4.39 Å². The van der Waals surface area contributed by atoms with Gasteiger partial charge in [-0.2, -0.15) is 0 Å². The van der Waals surface area contributed by atoms with E-state index in [1.165, 1.54) is 12.1 Å². The van der Waals surface area contributed by atoms with Crippen molar-refractivity contribution < 1.29 is 9.31 Å². The number of benzene rings is 2. The second-order valence-corrected chi connectivity index (χ2v) is 5.84. The molecular formula is C13H9Br2FN2O2. The fourth-order valence-corrected chi connectivity index (χ4v) is 2.45. The monoisotopic (exact) mass is 402 g/mol. The van der Waals surface area contributed by atoms with Crippen LogP contribution in [0.3, 0.4) is 0 Å². The molecule has 20 heavy (non-hydrogen) atoms. The molecule has 0 aliphatic heterocycles. The number of hydrogen-bond donors (Lipinski definition) is 1. The van der Waals surface area contributed by atoms with Gasteiger partial charge in [0, 0.05) is 27.1 Å². The molecule has 7 heteroatoms. The summed E-state index contributed by atoms with van der Waals surface area (Å²) in [7, 11) is 0. The molecule has 0 fully saturated rings. The van der Waals surface area contributed by atoms with E-state index < -0.39 is 4.92 Å². The van der Waals surface area contributed by atoms with Crippen molar-refractivity contribution in [2.45, 2.75) is 6.54 Å². The lowest BCUT2D eigenvalue weighted by Crippen LogP contribution is -2.04. The van der Waals surface area contributed by atoms with E-state index in [2.05, 4.69) is 37.2 Å². The molecule has 4 nitrogen and oxygen atoms in total. The first-order valence-corrected chi connectivity index (χ1v) is 7.17. The van der Waals surface area contributed by atoms with E-state index >= 15 is 0 Å². The topological polar surface area (TPSA) is 55.2 Å². The fraction of sp³-hybridized carbons (Fsp3) is 0.0769. The molecule has 0 unspecified atom stereocenters. The Labute approximate surface area is 131 Å². The molecule has 0 saturated heterocycles. The Kier molecular flexibility index (Phi) is 4.72. The molecule has 0 amide bonds. The summed E-state index contributed by atoms with van der Waals surface area (Å²) in [5.74, 6) is -0.363. The van der Waals surface area contributed by atoms with Crippen molar-refractivity contribution in [2.24, 2.45) is 0 Å². The molecule has 0 radical (unpaired) electrons. The van der Waals surface area contributed by atoms with Crippen molar-refractivity contribution >= 4 is 43.2 Å². The summed E-state index contributed by atoms with van der Waals surface area (Å²) in [5, 5.41) is 13.8. The van der Waals surface area contributed by atoms with Gasteiger partial charge in [-0.3, -0.25) is 10.1 Å². The van der Waals surface area contributed by atoms with Gasteiger partial charge in [0.25, 0.3) is 5.69 Å². The Morgan fingerprint density at radius 3 is 2.50 bits per heavy atom. The van der Waals surface area contributed by atoms with Crippen molar-refractivity contribution in [2.75, 3.05) is 5.32 Å². The molecule has 2 rings (SSSR count). The predicted octanol–water partition coefficient (Wildman–Crippen LogP) is 4.87. The van der Waals surface area contributed by atoms with Gasteiger partial charge in [-0.15, -0.1) is 0 Å². The third-order valence-electron chi connectivity index (χ3n) is 2.63. The highest BCUT2D eigenvalue weighted by Crippen LogP contribution is 2.28. The minimum atomic E-state index is -0.480. The minimum Gasteiger partial charge on any atom is -0.375 e. The van der Waals surface area contributed by atoms with Crippen LogP contribution in [0.4, 0.5) is 15.8 Å². The smallest absolute Gasteiger partial charge is 0.292 e. The van der Waals surface area contributed by atoms with Crippen molar-refractivity contribution in [3.8, 4) is 0 Å². The van der Waals surface area contributed by atoms with E-state index in [0.29, 0.717) is 15.7 Å². The summed E-state index contributed by atoms with van der Waals surface area (Å²) in [6, 6.07) is 9.14. The SMILES string of the molecule is O=[N+]([O-])c1ccc(Br)cc1NCc1cc(Br)ccc1F. The van der Waals surface area contributed by atoms with E-state index in [0.717, 1.165) is 4.47 Å². The Morgan fingerprint density at radius 2 is 1.80 bits per heavy atom. The maximum Gasteiger partial charge on any atom is 0.292 e. The molecule has 0 aliphatic carbocycles. The van der Waals surface area contributed by atoms with E-state index in [-0.39, 0.29) is 18.0 Å². The fourth-order valence-electron chi connectivity index (χ4n) is 1.68. The van der Waals surface area contributed by atoms with Gasteiger partial charge in [-0.05, 0) is 30.3 Å². The largest absolute Gasteiger partial charge is 0.375 e. The van der Waals surface area contributed by atoms with E-state index in [1.807, 2.05) is 0 Å². The Bertz CT molecular complexity index is 665. The highest BCUT2D eigenvalue weighted by Gasteiger charge is 2.14. The lowest BCUT2D eigenvalue weighted by molar-refractivity contribution is -0.384. The summed E-state index contributed by atoms with van der Waals surface area (Å²) in [6.07, 6.45) is 0. The van der Waals surface area contributed by atoms with Crippen LogP contribution in [0, 0.1) is 15.9 Å². The van der Waals surface area contributed by atoms with E-state index in [1.54, 1.807) is 24.3 Å². The number of nitrogens with zero attached hydrogens (tertiary/aromatic N) is 1. The van der Waals surface area contributed by atoms with Gasteiger partial charge in [0.15, 0.2) is 0 Å². The van der Waals surface area contributed by atoms with Crippen LogP contribution in [-0.4, -0.2) is 4.92 Å². The Morgan fingerprint density at radius 1 is 1.15 bits per heavy atom. The van der Waals surface area contributed by atoms with E-state index in [4.69, 9.17) is 0 Å². The lowest BCUT2D eigenvalue weighted by Gasteiger charge is -2.09. The highest BCUT2D eigenvalue weighted by atomic mass is 79.9. The first-order chi connectivity index (χ1) is 9.47. The molecule has 1 N–H and O–H groups in total. The van der Waals surface area contributed by atoms with Crippen LogP contribution in [0.2, 0.25) is 0 Å². The summed E-state index contributed by atoms with van der Waals surface area (Å²) >= 11 is 6.52. The van der Waals surface area contributed by atoms with Crippen molar-refractivity contribution in [3.05, 3.63) is 66.8 Å². The van der Waals surface area contributed by atoms with Crippen LogP contribution in [0.5, 0.6) is 0 Å². The standard InChI is InChI=1S/C13H9Br2FN2O2/c14-9-1-3-11(16)8(5-9)7-17-12-6-10(15)2-4-13(12)18(19)20/h1-6,17H,7H2. The van der Waals surface area contributed by atoms with Crippen LogP contribution in [0.15, 0.2) is 45.3 Å². The second-order valence-electron chi connectivity index (χ2n) is 4.01. The number of halogens is 3. The molecule has 0 atom stereocenters. The van der Waals surface area contributed by atoms with Crippen molar-refractivity contribution in [1.82, 2.24) is 0 Å². The second kappa shape index (κ2) is 6.32. The number of rotatable bonds is 4. The number of nitro groups is 1. The van der Waals surface area contributed by atoms with Crippen LogP contribution >= 0.6 is 31.9 Å². The van der Waals surface area contributed by atoms with Crippen LogP contribution in [-0.2, 0) is 6.54 Å². The van der Waals surface area contributed by atoms with Gasteiger partial charge in [0.05, 0.1) is 4.92 Å². The summed E-state index contributed by atoms with van der Waals surface area (Å²) in [6.45, 7) is 0.155. The molecule has 0 aliphatic rings. The summed E-state index contributed by atoms with van der Waals surface area (Å²) < 4.78 is 15.1. The molecule has 104 valence electrons. The first-order valence-electron chi connectivity index (χ1n) is 5.59. The Balaban J connectivity index is 2.24. The van der Waals surface area contributed by atoms with Gasteiger partial charge in [-0.1, -0.05) is 31.9 Å². The third kappa shape index (κ3) is 3.55. The zero-order valence-corrected chi connectivity index (χ0v) is 13.2. The van der Waals surface area contributed by atoms with Gasteiger partial charge in [0.2, 0.25) is 0 Å². The molecule has 0 saturated carbocycles. The van der Waals surface area contributed by atoms with Crippen LogP contribution in [0.25, 0.3) is 0 Å². The van der Waals surface area contributed by atoms with E-state index in [9.17, 15) is 14.5 Å². The molecular weight excluding hydrogens is 395 g/mol. The molecule has 0 heterocycles. The maximum absolute atomic E-state index is 13.6. The zero-order chi connectivity index (χ0) is 14.7. The molecule has 2 aromatic carbocycles. The molecule has 0 bridgehead atoms. The number of hydrogen-bond acceptors (Lipinski definition) is 3. The number of anilines is 1. The molecule has 0 aromatic heterocycles.